The van der Waals surface area contributed by atoms with Gasteiger partial charge in [0.2, 0.25) is 0 Å². The first kappa shape index (κ1) is 19.2. The molecule has 2 aromatic heterocycles. The van der Waals surface area contributed by atoms with Gasteiger partial charge >= 0.3 is 0 Å². The summed E-state index contributed by atoms with van der Waals surface area (Å²) in [7, 11) is 0. The summed E-state index contributed by atoms with van der Waals surface area (Å²) in [6.45, 7) is 4.72. The molecule has 3 heterocycles. The molecular formula is C32H25N3. The van der Waals surface area contributed by atoms with Crippen LogP contribution in [0.25, 0.3) is 50.0 Å². The Hall–Kier alpha value is -4.11. The molecule has 0 radical (unpaired) electrons. The average Bonchev–Trinajstić information content (AvgIpc) is 3.50. The zero-order valence-corrected chi connectivity index (χ0v) is 19.9. The molecule has 1 aliphatic carbocycles. The maximum Gasteiger partial charge on any atom is 0.0931 e. The highest BCUT2D eigenvalue weighted by Crippen LogP contribution is 2.51. The van der Waals surface area contributed by atoms with Crippen molar-refractivity contribution in [2.75, 3.05) is 0 Å². The first-order chi connectivity index (χ1) is 17.1. The molecule has 1 aliphatic heterocycles. The zero-order chi connectivity index (χ0) is 23.3. The molecular weight excluding hydrogens is 426 g/mol. The van der Waals surface area contributed by atoms with E-state index in [0.29, 0.717) is 0 Å². The van der Waals surface area contributed by atoms with Crippen molar-refractivity contribution >= 4 is 38.9 Å². The second-order valence-electron chi connectivity index (χ2n) is 10.5. The van der Waals surface area contributed by atoms with E-state index >= 15 is 0 Å². The summed E-state index contributed by atoms with van der Waals surface area (Å²) >= 11 is 0. The first-order valence-electron chi connectivity index (χ1n) is 12.4. The highest BCUT2D eigenvalue weighted by Gasteiger charge is 2.36. The highest BCUT2D eigenvalue weighted by atomic mass is 15.3. The Balaban J connectivity index is 1.49. The number of benzene rings is 4. The van der Waals surface area contributed by atoms with Gasteiger partial charge in [0.1, 0.15) is 0 Å². The van der Waals surface area contributed by atoms with Gasteiger partial charge in [-0.3, -0.25) is 0 Å². The van der Waals surface area contributed by atoms with Gasteiger partial charge in [-0.05, 0) is 52.9 Å². The molecule has 4 aromatic carbocycles. The van der Waals surface area contributed by atoms with E-state index in [2.05, 4.69) is 120 Å². The van der Waals surface area contributed by atoms with Gasteiger partial charge < -0.3 is 4.57 Å². The topological polar surface area (TPSA) is 22.8 Å². The number of rotatable bonds is 1. The van der Waals surface area contributed by atoms with Crippen LogP contribution in [0.1, 0.15) is 43.1 Å². The van der Waals surface area contributed by atoms with Gasteiger partial charge in [0.25, 0.3) is 0 Å². The number of aromatic nitrogens is 3. The molecule has 8 rings (SSSR count). The van der Waals surface area contributed by atoms with Crippen LogP contribution < -0.4 is 0 Å². The van der Waals surface area contributed by atoms with Crippen LogP contribution in [0.5, 0.6) is 0 Å². The Labute approximate surface area is 203 Å². The van der Waals surface area contributed by atoms with Crippen molar-refractivity contribution in [2.45, 2.75) is 31.7 Å². The molecule has 0 N–H and O–H groups in total. The lowest BCUT2D eigenvalue weighted by atomic mass is 9.82. The first-order valence-corrected chi connectivity index (χ1v) is 12.4. The van der Waals surface area contributed by atoms with Crippen LogP contribution in [0.3, 0.4) is 0 Å². The lowest BCUT2D eigenvalue weighted by Gasteiger charge is -2.24. The summed E-state index contributed by atoms with van der Waals surface area (Å²) in [4.78, 5) is 0. The largest absolute Gasteiger partial charge is 0.331 e. The molecule has 0 bridgehead atoms. The Morgan fingerprint density at radius 3 is 2.43 bits per heavy atom. The molecule has 0 fully saturated rings. The predicted octanol–water partition coefficient (Wildman–Crippen LogP) is 7.91. The summed E-state index contributed by atoms with van der Waals surface area (Å²) in [6.07, 6.45) is 5.33. The Bertz CT molecular complexity index is 1860. The van der Waals surface area contributed by atoms with E-state index in [9.17, 15) is 0 Å². The van der Waals surface area contributed by atoms with Crippen molar-refractivity contribution in [3.05, 3.63) is 108 Å². The van der Waals surface area contributed by atoms with E-state index in [-0.39, 0.29) is 11.5 Å². The van der Waals surface area contributed by atoms with E-state index in [0.717, 1.165) is 11.9 Å². The minimum Gasteiger partial charge on any atom is -0.331 e. The minimum absolute atomic E-state index is 0.00822. The molecule has 6 aromatic rings. The van der Waals surface area contributed by atoms with Crippen LogP contribution in [-0.2, 0) is 5.41 Å². The SMILES string of the molecule is CC1(C)c2ccccc2-c2cc3c(cc21)c1ccccc1n3C1CC=Cn2nc3ccccc3c21. The number of hydrogen-bond acceptors (Lipinski definition) is 1. The smallest absolute Gasteiger partial charge is 0.0931 e. The number of para-hydroxylation sites is 1. The highest BCUT2D eigenvalue weighted by molar-refractivity contribution is 6.10. The van der Waals surface area contributed by atoms with Gasteiger partial charge in [0, 0.05) is 33.3 Å². The fourth-order valence-electron chi connectivity index (χ4n) is 6.67. The molecule has 35 heavy (non-hydrogen) atoms. The molecule has 0 amide bonds. The van der Waals surface area contributed by atoms with Crippen molar-refractivity contribution in [1.29, 1.82) is 0 Å². The van der Waals surface area contributed by atoms with Crippen molar-refractivity contribution in [1.82, 2.24) is 14.3 Å². The summed E-state index contributed by atoms with van der Waals surface area (Å²) < 4.78 is 4.66. The van der Waals surface area contributed by atoms with Gasteiger partial charge in [-0.1, -0.05) is 80.6 Å². The number of fused-ring (bicyclic) bond motifs is 9. The van der Waals surface area contributed by atoms with E-state index < -0.39 is 0 Å². The van der Waals surface area contributed by atoms with E-state index in [4.69, 9.17) is 5.10 Å². The normalized spacial score (nSPS) is 17.7. The van der Waals surface area contributed by atoms with Gasteiger partial charge in [-0.2, -0.15) is 5.10 Å². The lowest BCUT2D eigenvalue weighted by Crippen LogP contribution is -2.17. The monoisotopic (exact) mass is 451 g/mol. The fraction of sp³-hybridized carbons (Fsp3) is 0.156. The van der Waals surface area contributed by atoms with E-state index in [1.165, 1.54) is 55.1 Å². The Kier molecular flexibility index (Phi) is 3.58. The van der Waals surface area contributed by atoms with Gasteiger partial charge in [-0.15, -0.1) is 0 Å². The van der Waals surface area contributed by atoms with Crippen LogP contribution in [0, 0.1) is 0 Å². The van der Waals surface area contributed by atoms with Gasteiger partial charge in [0.05, 0.1) is 22.8 Å². The van der Waals surface area contributed by atoms with Crippen molar-refractivity contribution in [3.63, 3.8) is 0 Å². The summed E-state index contributed by atoms with van der Waals surface area (Å²) in [5.74, 6) is 0. The molecule has 2 aliphatic rings. The third kappa shape index (κ3) is 2.38. The molecule has 0 spiro atoms. The van der Waals surface area contributed by atoms with Gasteiger partial charge in [0.15, 0.2) is 0 Å². The van der Waals surface area contributed by atoms with Crippen LogP contribution in [0.4, 0.5) is 0 Å². The van der Waals surface area contributed by atoms with Crippen LogP contribution in [0.15, 0.2) is 91.0 Å². The van der Waals surface area contributed by atoms with Crippen molar-refractivity contribution in [2.24, 2.45) is 0 Å². The Morgan fingerprint density at radius 1 is 0.743 bits per heavy atom. The maximum atomic E-state index is 4.90. The standard InChI is InChI=1S/C32H25N3/c1-32(2)25-13-6-3-10-20(25)23-19-30-24(18-26(23)32)21-11-5-8-15-28(21)35(30)29-16-9-17-34-31(29)22-12-4-7-14-27(22)33-34/h3-15,17-19,29H,16H2,1-2H3. The predicted molar refractivity (Wildman–Crippen MR) is 145 cm³/mol. The molecule has 3 nitrogen and oxygen atoms in total. The molecule has 168 valence electrons. The maximum absolute atomic E-state index is 4.90. The number of nitrogens with zero attached hydrogens (tertiary/aromatic N) is 3. The fourth-order valence-corrected chi connectivity index (χ4v) is 6.67. The van der Waals surface area contributed by atoms with Gasteiger partial charge in [-0.25, -0.2) is 4.68 Å². The third-order valence-electron chi connectivity index (χ3n) is 8.29. The molecule has 1 unspecified atom stereocenters. The minimum atomic E-state index is -0.00822. The quantitative estimate of drug-likeness (QED) is 0.249. The zero-order valence-electron chi connectivity index (χ0n) is 19.9. The molecule has 0 saturated carbocycles. The number of hydrogen-bond donors (Lipinski definition) is 0. The summed E-state index contributed by atoms with van der Waals surface area (Å²) in [5.41, 5.74) is 10.5. The third-order valence-corrected chi connectivity index (χ3v) is 8.29. The Morgan fingerprint density at radius 2 is 1.51 bits per heavy atom. The van der Waals surface area contributed by atoms with Crippen molar-refractivity contribution < 1.29 is 0 Å². The van der Waals surface area contributed by atoms with E-state index in [1.807, 2.05) is 0 Å². The number of allylic oxidation sites excluding steroid dienone is 1. The summed E-state index contributed by atoms with van der Waals surface area (Å²) in [5, 5.41) is 8.79. The van der Waals surface area contributed by atoms with Crippen molar-refractivity contribution in [3.8, 4) is 11.1 Å². The molecule has 0 saturated heterocycles. The summed E-state index contributed by atoms with van der Waals surface area (Å²) in [6, 6.07) is 31.4. The van der Waals surface area contributed by atoms with Crippen LogP contribution in [-0.4, -0.2) is 14.3 Å². The second kappa shape index (κ2) is 6.51. The lowest BCUT2D eigenvalue weighted by molar-refractivity contribution is 0.583. The average molecular weight is 452 g/mol. The molecule has 3 heteroatoms. The second-order valence-corrected chi connectivity index (χ2v) is 10.5. The van der Waals surface area contributed by atoms with E-state index in [1.54, 1.807) is 0 Å². The molecule has 1 atom stereocenters. The van der Waals surface area contributed by atoms with Crippen LogP contribution in [0.2, 0.25) is 0 Å². The van der Waals surface area contributed by atoms with Crippen LogP contribution >= 0.6 is 0 Å².